The first-order valence-corrected chi connectivity index (χ1v) is 7.84. The number of aryl methyl sites for hydroxylation is 1. The van der Waals surface area contributed by atoms with E-state index in [-0.39, 0.29) is 4.87 Å². The van der Waals surface area contributed by atoms with Crippen LogP contribution in [0.1, 0.15) is 11.4 Å². The van der Waals surface area contributed by atoms with Crippen molar-refractivity contribution in [1.82, 2.24) is 14.5 Å². The lowest BCUT2D eigenvalue weighted by Crippen LogP contribution is -2.15. The maximum Gasteiger partial charge on any atom is 0.308 e. The second-order valence-corrected chi connectivity index (χ2v) is 6.16. The topological polar surface area (TPSA) is 47.8 Å². The van der Waals surface area contributed by atoms with Gasteiger partial charge in [0.15, 0.2) is 0 Å². The lowest BCUT2D eigenvalue weighted by Gasteiger charge is -2.08. The van der Waals surface area contributed by atoms with Gasteiger partial charge in [0, 0.05) is 0 Å². The Balaban J connectivity index is 1.87. The third-order valence-electron chi connectivity index (χ3n) is 3.72. The lowest BCUT2D eigenvalue weighted by molar-refractivity contribution is 0.779. The molecule has 0 aliphatic rings. The van der Waals surface area contributed by atoms with E-state index < -0.39 is 0 Å². The van der Waals surface area contributed by atoms with Gasteiger partial charge in [-0.25, -0.2) is 9.97 Å². The maximum atomic E-state index is 12.3. The van der Waals surface area contributed by atoms with E-state index in [1.165, 1.54) is 11.3 Å². The first-order chi connectivity index (χ1) is 10.7. The molecule has 2 aromatic carbocycles. The molecule has 0 unspecified atom stereocenters. The van der Waals surface area contributed by atoms with E-state index in [2.05, 4.69) is 9.97 Å². The molecule has 0 saturated heterocycles. The number of thiazole rings is 1. The predicted molar refractivity (Wildman–Crippen MR) is 89.5 cm³/mol. The summed E-state index contributed by atoms with van der Waals surface area (Å²) >= 11 is 1.27. The second kappa shape index (κ2) is 5.03. The van der Waals surface area contributed by atoms with E-state index in [9.17, 15) is 4.79 Å². The van der Waals surface area contributed by atoms with Crippen LogP contribution in [-0.2, 0) is 6.54 Å². The van der Waals surface area contributed by atoms with Crippen LogP contribution >= 0.6 is 11.3 Å². The van der Waals surface area contributed by atoms with Crippen molar-refractivity contribution in [1.29, 1.82) is 0 Å². The van der Waals surface area contributed by atoms with Gasteiger partial charge in [0.1, 0.15) is 0 Å². The molecule has 5 heteroatoms. The minimum atomic E-state index is 0.0376. The molecule has 0 fully saturated rings. The Morgan fingerprint density at radius 1 is 1.00 bits per heavy atom. The highest BCUT2D eigenvalue weighted by molar-refractivity contribution is 7.16. The zero-order valence-electron chi connectivity index (χ0n) is 12.0. The molecule has 0 spiro atoms. The molecule has 0 aliphatic carbocycles. The standard InChI is InChI=1S/C17H13N3OS/c1-11-14(19-13-7-3-2-6-12(13)18-11)10-20-15-8-4-5-9-16(15)22-17(20)21/h2-9H,10H2,1H3. The van der Waals surface area contributed by atoms with Gasteiger partial charge in [-0.05, 0) is 31.2 Å². The molecular formula is C17H13N3OS. The van der Waals surface area contributed by atoms with Gasteiger partial charge in [-0.3, -0.25) is 9.36 Å². The van der Waals surface area contributed by atoms with Crippen LogP contribution in [0, 0.1) is 6.92 Å². The second-order valence-electron chi connectivity index (χ2n) is 5.17. The van der Waals surface area contributed by atoms with Crippen LogP contribution in [-0.4, -0.2) is 14.5 Å². The van der Waals surface area contributed by atoms with E-state index in [0.717, 1.165) is 32.6 Å². The Morgan fingerprint density at radius 3 is 2.50 bits per heavy atom. The van der Waals surface area contributed by atoms with Gasteiger partial charge >= 0.3 is 4.87 Å². The molecule has 4 rings (SSSR count). The van der Waals surface area contributed by atoms with Crippen LogP contribution in [0.15, 0.2) is 53.3 Å². The van der Waals surface area contributed by atoms with Crippen molar-refractivity contribution in [3.63, 3.8) is 0 Å². The molecule has 108 valence electrons. The maximum absolute atomic E-state index is 12.3. The van der Waals surface area contributed by atoms with Crippen molar-refractivity contribution in [2.75, 3.05) is 0 Å². The Kier molecular flexibility index (Phi) is 3.01. The van der Waals surface area contributed by atoms with Gasteiger partial charge in [0.05, 0.1) is 39.2 Å². The average Bonchev–Trinajstić information content (AvgIpc) is 2.84. The predicted octanol–water partition coefficient (Wildman–Crippen LogP) is 3.36. The number of hydrogen-bond donors (Lipinski definition) is 0. The minimum absolute atomic E-state index is 0.0376. The van der Waals surface area contributed by atoms with E-state index in [0.29, 0.717) is 6.54 Å². The third kappa shape index (κ3) is 2.10. The zero-order chi connectivity index (χ0) is 15.1. The van der Waals surface area contributed by atoms with E-state index in [4.69, 9.17) is 0 Å². The number of fused-ring (bicyclic) bond motifs is 2. The first kappa shape index (κ1) is 13.2. The van der Waals surface area contributed by atoms with Gasteiger partial charge in [0.25, 0.3) is 0 Å². The molecular weight excluding hydrogens is 294 g/mol. The largest absolute Gasteiger partial charge is 0.308 e. The summed E-state index contributed by atoms with van der Waals surface area (Å²) in [5.74, 6) is 0. The molecule has 0 saturated carbocycles. The summed E-state index contributed by atoms with van der Waals surface area (Å²) in [4.78, 5) is 21.6. The van der Waals surface area contributed by atoms with Crippen molar-refractivity contribution >= 4 is 32.6 Å². The molecule has 2 heterocycles. The van der Waals surface area contributed by atoms with E-state index in [1.807, 2.05) is 55.5 Å². The summed E-state index contributed by atoms with van der Waals surface area (Å²) in [6.45, 7) is 2.39. The van der Waals surface area contributed by atoms with Crippen LogP contribution in [0.25, 0.3) is 21.3 Å². The first-order valence-electron chi connectivity index (χ1n) is 7.03. The van der Waals surface area contributed by atoms with E-state index in [1.54, 1.807) is 4.57 Å². The van der Waals surface area contributed by atoms with Gasteiger partial charge in [0.2, 0.25) is 0 Å². The van der Waals surface area contributed by atoms with E-state index >= 15 is 0 Å². The van der Waals surface area contributed by atoms with Crippen LogP contribution in [0.2, 0.25) is 0 Å². The summed E-state index contributed by atoms with van der Waals surface area (Å²) in [6.07, 6.45) is 0. The highest BCUT2D eigenvalue weighted by Gasteiger charge is 2.11. The number of nitrogens with zero attached hydrogens (tertiary/aromatic N) is 3. The highest BCUT2D eigenvalue weighted by atomic mass is 32.1. The van der Waals surface area contributed by atoms with Gasteiger partial charge in [-0.2, -0.15) is 0 Å². The molecule has 4 aromatic rings. The van der Waals surface area contributed by atoms with Gasteiger partial charge in [-0.15, -0.1) is 0 Å². The van der Waals surface area contributed by atoms with Crippen molar-refractivity contribution in [3.05, 3.63) is 69.6 Å². The SMILES string of the molecule is Cc1nc2ccccc2nc1Cn1c(=O)sc2ccccc21. The van der Waals surface area contributed by atoms with Crippen molar-refractivity contribution in [2.24, 2.45) is 0 Å². The highest BCUT2D eigenvalue weighted by Crippen LogP contribution is 2.19. The number of para-hydroxylation sites is 3. The molecule has 4 nitrogen and oxygen atoms in total. The summed E-state index contributed by atoms with van der Waals surface area (Å²) in [5.41, 5.74) is 4.39. The summed E-state index contributed by atoms with van der Waals surface area (Å²) in [6, 6.07) is 15.6. The number of hydrogen-bond acceptors (Lipinski definition) is 4. The van der Waals surface area contributed by atoms with Crippen LogP contribution in [0.5, 0.6) is 0 Å². The summed E-state index contributed by atoms with van der Waals surface area (Å²) in [5, 5.41) is 0. The monoisotopic (exact) mass is 307 g/mol. The fraction of sp³-hybridized carbons (Fsp3) is 0.118. The Labute approximate surface area is 130 Å². The normalized spacial score (nSPS) is 11.3. The molecule has 0 aliphatic heterocycles. The average molecular weight is 307 g/mol. The Bertz CT molecular complexity index is 1050. The summed E-state index contributed by atoms with van der Waals surface area (Å²) in [7, 11) is 0. The number of benzene rings is 2. The van der Waals surface area contributed by atoms with Crippen LogP contribution in [0.4, 0.5) is 0 Å². The number of rotatable bonds is 2. The molecule has 0 amide bonds. The molecule has 2 aromatic heterocycles. The van der Waals surface area contributed by atoms with Crippen LogP contribution < -0.4 is 4.87 Å². The van der Waals surface area contributed by atoms with Crippen molar-refractivity contribution in [2.45, 2.75) is 13.5 Å². The number of aromatic nitrogens is 3. The van der Waals surface area contributed by atoms with Crippen molar-refractivity contribution < 1.29 is 0 Å². The summed E-state index contributed by atoms with van der Waals surface area (Å²) < 4.78 is 2.77. The molecule has 0 atom stereocenters. The minimum Gasteiger partial charge on any atom is -0.293 e. The Hall–Kier alpha value is -2.53. The molecule has 0 radical (unpaired) electrons. The smallest absolute Gasteiger partial charge is 0.293 e. The molecule has 0 N–H and O–H groups in total. The fourth-order valence-electron chi connectivity index (χ4n) is 2.59. The zero-order valence-corrected chi connectivity index (χ0v) is 12.8. The molecule has 22 heavy (non-hydrogen) atoms. The van der Waals surface area contributed by atoms with Gasteiger partial charge in [-0.1, -0.05) is 35.6 Å². The lowest BCUT2D eigenvalue weighted by atomic mass is 10.2. The Morgan fingerprint density at radius 2 is 1.68 bits per heavy atom. The third-order valence-corrected chi connectivity index (χ3v) is 4.68. The molecule has 0 bridgehead atoms. The fourth-order valence-corrected chi connectivity index (χ4v) is 3.48. The quantitative estimate of drug-likeness (QED) is 0.570. The van der Waals surface area contributed by atoms with Crippen molar-refractivity contribution in [3.8, 4) is 0 Å². The van der Waals surface area contributed by atoms with Gasteiger partial charge < -0.3 is 0 Å². The van der Waals surface area contributed by atoms with Crippen LogP contribution in [0.3, 0.4) is 0 Å².